The van der Waals surface area contributed by atoms with Gasteiger partial charge in [-0.3, -0.25) is 0 Å². The lowest BCUT2D eigenvalue weighted by molar-refractivity contribution is 0.00703. The fourth-order valence-corrected chi connectivity index (χ4v) is 3.35. The summed E-state index contributed by atoms with van der Waals surface area (Å²) in [6.07, 6.45) is 0.743. The maximum atomic E-state index is 12.4. The molecule has 0 fully saturated rings. The molecule has 2 rings (SSSR count). The average molecular weight is 303 g/mol. The molecule has 0 amide bonds. The van der Waals surface area contributed by atoms with Crippen LogP contribution in [0.25, 0.3) is 10.4 Å². The van der Waals surface area contributed by atoms with Crippen molar-refractivity contribution >= 4 is 22.3 Å². The third kappa shape index (κ3) is 3.45. The predicted molar refractivity (Wildman–Crippen MR) is 88.7 cm³/mol. The number of hydrogen-bond acceptors (Lipinski definition) is 4. The van der Waals surface area contributed by atoms with Crippen molar-refractivity contribution in [2.24, 2.45) is 0 Å². The summed E-state index contributed by atoms with van der Waals surface area (Å²) in [4.78, 5) is 13.5. The first-order valence-corrected chi connectivity index (χ1v) is 7.85. The average Bonchev–Trinajstić information content (AvgIpc) is 2.74. The van der Waals surface area contributed by atoms with E-state index in [1.165, 1.54) is 11.3 Å². The zero-order chi connectivity index (χ0) is 15.6. The number of nitrogen functional groups attached to an aromatic ring is 1. The monoisotopic (exact) mass is 303 g/mol. The van der Waals surface area contributed by atoms with E-state index in [-0.39, 0.29) is 5.97 Å². The van der Waals surface area contributed by atoms with Crippen LogP contribution < -0.4 is 5.73 Å². The van der Waals surface area contributed by atoms with Gasteiger partial charge in [0.25, 0.3) is 0 Å². The summed E-state index contributed by atoms with van der Waals surface area (Å²) >= 11 is 1.45. The highest BCUT2D eigenvalue weighted by molar-refractivity contribution is 7.19. The van der Waals surface area contributed by atoms with Gasteiger partial charge in [-0.2, -0.15) is 0 Å². The van der Waals surface area contributed by atoms with Gasteiger partial charge in [-0.15, -0.1) is 11.3 Å². The molecule has 2 aromatic rings. The third-order valence-corrected chi connectivity index (χ3v) is 4.14. The van der Waals surface area contributed by atoms with Crippen molar-refractivity contribution in [3.63, 3.8) is 0 Å². The van der Waals surface area contributed by atoms with Crippen LogP contribution >= 0.6 is 11.3 Å². The molecule has 0 bridgehead atoms. The van der Waals surface area contributed by atoms with E-state index < -0.39 is 5.60 Å². The van der Waals surface area contributed by atoms with E-state index in [1.807, 2.05) is 58.0 Å². The van der Waals surface area contributed by atoms with Gasteiger partial charge in [0.05, 0.1) is 5.56 Å². The summed E-state index contributed by atoms with van der Waals surface area (Å²) in [5.41, 5.74) is 8.15. The number of carbonyl (C=O) groups is 1. The molecule has 0 spiro atoms. The lowest BCUT2D eigenvalue weighted by atomic mass is 10.0. The number of ether oxygens (including phenoxy) is 1. The number of esters is 1. The molecule has 4 heteroatoms. The SMILES string of the molecule is CCc1c(-c2ccccc2)sc(N)c1C(=O)OC(C)(C)C. The van der Waals surface area contributed by atoms with Crippen molar-refractivity contribution in [2.45, 2.75) is 39.7 Å². The minimum Gasteiger partial charge on any atom is -0.456 e. The fraction of sp³-hybridized carbons (Fsp3) is 0.353. The topological polar surface area (TPSA) is 52.3 Å². The Bertz CT molecular complexity index is 639. The Labute approximate surface area is 129 Å². The van der Waals surface area contributed by atoms with Gasteiger partial charge in [0.15, 0.2) is 0 Å². The molecule has 0 atom stereocenters. The maximum absolute atomic E-state index is 12.4. The van der Waals surface area contributed by atoms with Crippen molar-refractivity contribution in [3.8, 4) is 10.4 Å². The Morgan fingerprint density at radius 1 is 1.24 bits per heavy atom. The molecule has 3 nitrogen and oxygen atoms in total. The molecular formula is C17H21NO2S. The summed E-state index contributed by atoms with van der Waals surface area (Å²) in [5, 5.41) is 0.528. The van der Waals surface area contributed by atoms with Crippen molar-refractivity contribution in [1.29, 1.82) is 0 Å². The number of anilines is 1. The highest BCUT2D eigenvalue weighted by Crippen LogP contribution is 2.39. The number of rotatable bonds is 3. The minimum atomic E-state index is -0.524. The summed E-state index contributed by atoms with van der Waals surface area (Å²) in [6, 6.07) is 10.0. The smallest absolute Gasteiger partial charge is 0.341 e. The first kappa shape index (κ1) is 15.6. The van der Waals surface area contributed by atoms with Crippen LogP contribution in [-0.4, -0.2) is 11.6 Å². The molecule has 0 saturated heterocycles. The van der Waals surface area contributed by atoms with Crippen LogP contribution in [0.1, 0.15) is 43.6 Å². The normalized spacial score (nSPS) is 11.4. The van der Waals surface area contributed by atoms with Crippen LogP contribution in [0, 0.1) is 0 Å². The quantitative estimate of drug-likeness (QED) is 0.848. The first-order chi connectivity index (χ1) is 9.83. The van der Waals surface area contributed by atoms with E-state index in [2.05, 4.69) is 0 Å². The van der Waals surface area contributed by atoms with Gasteiger partial charge in [-0.05, 0) is 38.3 Å². The molecular weight excluding hydrogens is 282 g/mol. The predicted octanol–water partition coefficient (Wildman–Crippen LogP) is 4.52. The van der Waals surface area contributed by atoms with E-state index in [0.717, 1.165) is 22.4 Å². The summed E-state index contributed by atoms with van der Waals surface area (Å²) in [7, 11) is 0. The Hall–Kier alpha value is -1.81. The molecule has 0 radical (unpaired) electrons. The summed E-state index contributed by atoms with van der Waals surface area (Å²) in [5.74, 6) is -0.338. The van der Waals surface area contributed by atoms with Crippen LogP contribution in [0.15, 0.2) is 30.3 Å². The number of nitrogens with two attached hydrogens (primary N) is 1. The molecule has 0 unspecified atom stereocenters. The van der Waals surface area contributed by atoms with Gasteiger partial charge >= 0.3 is 5.97 Å². The van der Waals surface area contributed by atoms with Crippen LogP contribution in [0.2, 0.25) is 0 Å². The van der Waals surface area contributed by atoms with Gasteiger partial charge < -0.3 is 10.5 Å². The molecule has 1 aromatic carbocycles. The van der Waals surface area contributed by atoms with Crippen LogP contribution in [-0.2, 0) is 11.2 Å². The van der Waals surface area contributed by atoms with E-state index >= 15 is 0 Å². The van der Waals surface area contributed by atoms with E-state index in [9.17, 15) is 4.79 Å². The lowest BCUT2D eigenvalue weighted by Gasteiger charge is -2.20. The van der Waals surface area contributed by atoms with Gasteiger partial charge in [0.2, 0.25) is 0 Å². The van der Waals surface area contributed by atoms with Gasteiger partial charge in [-0.25, -0.2) is 4.79 Å². The largest absolute Gasteiger partial charge is 0.456 e. The second kappa shape index (κ2) is 5.90. The summed E-state index contributed by atoms with van der Waals surface area (Å²) < 4.78 is 5.48. The number of hydrogen-bond donors (Lipinski definition) is 1. The molecule has 1 aromatic heterocycles. The van der Waals surface area contributed by atoms with Crippen LogP contribution in [0.3, 0.4) is 0 Å². The molecule has 112 valence electrons. The van der Waals surface area contributed by atoms with E-state index in [0.29, 0.717) is 10.6 Å². The number of carbonyl (C=O) groups excluding carboxylic acids is 1. The number of benzene rings is 1. The molecule has 0 saturated carbocycles. The fourth-order valence-electron chi connectivity index (χ4n) is 2.20. The Morgan fingerprint density at radius 3 is 2.38 bits per heavy atom. The molecule has 0 aliphatic carbocycles. The van der Waals surface area contributed by atoms with Crippen LogP contribution in [0.5, 0.6) is 0 Å². The Balaban J connectivity index is 2.49. The van der Waals surface area contributed by atoms with Crippen molar-refractivity contribution < 1.29 is 9.53 Å². The van der Waals surface area contributed by atoms with Gasteiger partial charge in [0.1, 0.15) is 10.6 Å². The van der Waals surface area contributed by atoms with E-state index in [1.54, 1.807) is 0 Å². The summed E-state index contributed by atoms with van der Waals surface area (Å²) in [6.45, 7) is 7.60. The minimum absolute atomic E-state index is 0.338. The van der Waals surface area contributed by atoms with E-state index in [4.69, 9.17) is 10.5 Å². The Kier molecular flexibility index (Phi) is 4.37. The van der Waals surface area contributed by atoms with Gasteiger partial charge in [0, 0.05) is 4.88 Å². The molecule has 21 heavy (non-hydrogen) atoms. The van der Waals surface area contributed by atoms with Crippen LogP contribution in [0.4, 0.5) is 5.00 Å². The lowest BCUT2D eigenvalue weighted by Crippen LogP contribution is -2.24. The van der Waals surface area contributed by atoms with Gasteiger partial charge in [-0.1, -0.05) is 37.3 Å². The zero-order valence-electron chi connectivity index (χ0n) is 12.9. The molecule has 0 aliphatic rings. The molecule has 0 aliphatic heterocycles. The third-order valence-electron chi connectivity index (χ3n) is 3.03. The molecule has 2 N–H and O–H groups in total. The van der Waals surface area contributed by atoms with Crippen molar-refractivity contribution in [3.05, 3.63) is 41.5 Å². The molecule has 1 heterocycles. The zero-order valence-corrected chi connectivity index (χ0v) is 13.7. The van der Waals surface area contributed by atoms with Crippen molar-refractivity contribution in [1.82, 2.24) is 0 Å². The highest BCUT2D eigenvalue weighted by atomic mass is 32.1. The second-order valence-electron chi connectivity index (χ2n) is 5.87. The standard InChI is InChI=1S/C17H21NO2S/c1-5-12-13(16(19)20-17(2,3)4)15(18)21-14(12)11-9-7-6-8-10-11/h6-10H,5,18H2,1-4H3. The van der Waals surface area contributed by atoms with Crippen molar-refractivity contribution in [2.75, 3.05) is 5.73 Å². The second-order valence-corrected chi connectivity index (χ2v) is 6.92. The maximum Gasteiger partial charge on any atom is 0.341 e. The highest BCUT2D eigenvalue weighted by Gasteiger charge is 2.26. The number of thiophene rings is 1. The first-order valence-electron chi connectivity index (χ1n) is 7.03. The Morgan fingerprint density at radius 2 is 1.86 bits per heavy atom.